The lowest BCUT2D eigenvalue weighted by Gasteiger charge is -2.27. The van der Waals surface area contributed by atoms with Crippen molar-refractivity contribution in [3.05, 3.63) is 75.2 Å². The molecule has 138 valence electrons. The van der Waals surface area contributed by atoms with Gasteiger partial charge in [0.25, 0.3) is 5.91 Å². The molecule has 2 heterocycles. The Hall–Kier alpha value is -2.37. The third-order valence-electron chi connectivity index (χ3n) is 4.91. The normalized spacial score (nSPS) is 16.7. The smallest absolute Gasteiger partial charge is 0.265 e. The molecule has 1 N–H and O–H groups in total. The predicted octanol–water partition coefficient (Wildman–Crippen LogP) is 5.89. The number of likely N-dealkylation sites (tertiary alicyclic amines) is 1. The molecule has 1 atom stereocenters. The lowest BCUT2D eigenvalue weighted by molar-refractivity contribution is 0.0741. The largest absolute Gasteiger partial charge is 0.505 e. The van der Waals surface area contributed by atoms with Crippen molar-refractivity contribution in [1.82, 2.24) is 4.90 Å². The first-order chi connectivity index (χ1) is 13.1. The fourth-order valence-corrected chi connectivity index (χ4v) is 4.76. The molecule has 4 rings (SSSR count). The van der Waals surface area contributed by atoms with Gasteiger partial charge in [0, 0.05) is 12.1 Å². The Morgan fingerprint density at radius 3 is 2.70 bits per heavy atom. The predicted molar refractivity (Wildman–Crippen MR) is 106 cm³/mol. The lowest BCUT2D eigenvalue weighted by atomic mass is 9.93. The van der Waals surface area contributed by atoms with Gasteiger partial charge in [0.05, 0.1) is 11.1 Å². The van der Waals surface area contributed by atoms with Crippen LogP contribution < -0.4 is 0 Å². The summed E-state index contributed by atoms with van der Waals surface area (Å²) < 4.78 is 14.5. The topological polar surface area (TPSA) is 40.5 Å². The third kappa shape index (κ3) is 3.22. The highest BCUT2D eigenvalue weighted by molar-refractivity contribution is 7.12. The number of carbonyl (C=O) groups is 1. The quantitative estimate of drug-likeness (QED) is 0.594. The zero-order chi connectivity index (χ0) is 19.0. The van der Waals surface area contributed by atoms with Crippen LogP contribution in [0.5, 0.6) is 5.75 Å². The number of phenolic OH excluding ortho intramolecular Hbond substituents is 1. The molecule has 1 aliphatic heterocycles. The number of benzene rings is 2. The number of thiophene rings is 1. The molecule has 0 spiro atoms. The molecular formula is C21H17ClFNO2S. The molecule has 1 aliphatic rings. The van der Waals surface area contributed by atoms with Crippen LogP contribution in [0, 0.1) is 5.82 Å². The molecular weight excluding hydrogens is 385 g/mol. The second-order valence-corrected chi connectivity index (χ2v) is 7.80. The maximum Gasteiger partial charge on any atom is 0.265 e. The van der Waals surface area contributed by atoms with Crippen molar-refractivity contribution in [2.45, 2.75) is 18.9 Å². The number of halogens is 2. The summed E-state index contributed by atoms with van der Waals surface area (Å²) in [6.45, 7) is 0.634. The van der Waals surface area contributed by atoms with Crippen molar-refractivity contribution in [3.8, 4) is 16.9 Å². The fraction of sp³-hybridized carbons (Fsp3) is 0.190. The van der Waals surface area contributed by atoms with Gasteiger partial charge in [-0.05, 0) is 41.5 Å². The van der Waals surface area contributed by atoms with E-state index < -0.39 is 5.82 Å². The molecule has 0 unspecified atom stereocenters. The van der Waals surface area contributed by atoms with Crippen molar-refractivity contribution in [3.63, 3.8) is 0 Å². The zero-order valence-corrected chi connectivity index (χ0v) is 15.9. The monoisotopic (exact) mass is 401 g/mol. The van der Waals surface area contributed by atoms with Gasteiger partial charge in [-0.2, -0.15) is 0 Å². The Bertz CT molecular complexity index is 1000. The molecule has 1 aromatic heterocycles. The number of rotatable bonds is 3. The second kappa shape index (κ2) is 7.33. The molecule has 3 aromatic rings. The number of carbonyl (C=O) groups excluding carboxylic acids is 1. The van der Waals surface area contributed by atoms with Crippen LogP contribution in [0.4, 0.5) is 4.39 Å². The highest BCUT2D eigenvalue weighted by Gasteiger charge is 2.33. The first kappa shape index (κ1) is 18.0. The first-order valence-electron chi connectivity index (χ1n) is 8.68. The van der Waals surface area contributed by atoms with Gasteiger partial charge in [0.2, 0.25) is 0 Å². The Morgan fingerprint density at radius 2 is 1.93 bits per heavy atom. The van der Waals surface area contributed by atoms with Gasteiger partial charge in [-0.1, -0.05) is 48.0 Å². The van der Waals surface area contributed by atoms with Gasteiger partial charge < -0.3 is 10.0 Å². The van der Waals surface area contributed by atoms with Crippen molar-refractivity contribution in [1.29, 1.82) is 0 Å². The average molecular weight is 402 g/mol. The molecule has 6 heteroatoms. The molecule has 0 saturated carbocycles. The summed E-state index contributed by atoms with van der Waals surface area (Å²) in [5.41, 5.74) is 1.90. The molecule has 0 radical (unpaired) electrons. The molecule has 1 saturated heterocycles. The van der Waals surface area contributed by atoms with Gasteiger partial charge in [-0.15, -0.1) is 11.3 Å². The Balaban J connectivity index is 1.76. The maximum atomic E-state index is 14.5. The van der Waals surface area contributed by atoms with E-state index in [1.165, 1.54) is 17.4 Å². The van der Waals surface area contributed by atoms with Crippen LogP contribution in [0.3, 0.4) is 0 Å². The summed E-state index contributed by atoms with van der Waals surface area (Å²) in [7, 11) is 0. The number of hydrogen-bond acceptors (Lipinski definition) is 3. The summed E-state index contributed by atoms with van der Waals surface area (Å²) in [5.74, 6) is -1.13. The van der Waals surface area contributed by atoms with E-state index in [-0.39, 0.29) is 17.7 Å². The van der Waals surface area contributed by atoms with Crippen LogP contribution in [0.1, 0.15) is 34.1 Å². The van der Waals surface area contributed by atoms with Crippen LogP contribution in [0.15, 0.2) is 53.9 Å². The van der Waals surface area contributed by atoms with E-state index in [2.05, 4.69) is 0 Å². The maximum absolute atomic E-state index is 14.5. The first-order valence-corrected chi connectivity index (χ1v) is 9.94. The Labute approximate surface area is 165 Å². The molecule has 1 amide bonds. The van der Waals surface area contributed by atoms with Gasteiger partial charge >= 0.3 is 0 Å². The number of nitrogens with zero attached hydrogens (tertiary/aromatic N) is 1. The minimum absolute atomic E-state index is 0.0938. The van der Waals surface area contributed by atoms with Crippen LogP contribution >= 0.6 is 22.9 Å². The van der Waals surface area contributed by atoms with Gasteiger partial charge in [0.1, 0.15) is 4.88 Å². The molecule has 0 bridgehead atoms. The molecule has 0 aliphatic carbocycles. The number of amides is 1. The summed E-state index contributed by atoms with van der Waals surface area (Å²) in [6, 6.07) is 13.6. The van der Waals surface area contributed by atoms with Crippen LogP contribution in [0.25, 0.3) is 11.1 Å². The summed E-state index contributed by atoms with van der Waals surface area (Å²) in [4.78, 5) is 15.4. The molecule has 3 nitrogen and oxygen atoms in total. The Morgan fingerprint density at radius 1 is 1.15 bits per heavy atom. The van der Waals surface area contributed by atoms with Crippen molar-refractivity contribution in [2.24, 2.45) is 0 Å². The van der Waals surface area contributed by atoms with E-state index in [4.69, 9.17) is 11.6 Å². The minimum Gasteiger partial charge on any atom is -0.505 e. The van der Waals surface area contributed by atoms with E-state index in [9.17, 15) is 14.3 Å². The SMILES string of the molecule is O=C(c1sccc1Cl)N1CCC[C@H]1c1ccccc1-c1cccc(O)c1F. The fourth-order valence-electron chi connectivity index (χ4n) is 3.67. The van der Waals surface area contributed by atoms with Crippen molar-refractivity contribution in [2.75, 3.05) is 6.54 Å². The number of aromatic hydroxyl groups is 1. The minimum atomic E-state index is -0.651. The van der Waals surface area contributed by atoms with Crippen LogP contribution in [-0.4, -0.2) is 22.5 Å². The van der Waals surface area contributed by atoms with Gasteiger partial charge in [0.15, 0.2) is 11.6 Å². The summed E-state index contributed by atoms with van der Waals surface area (Å²) in [6.07, 6.45) is 1.67. The molecule has 2 aromatic carbocycles. The standard InChI is InChI=1S/C21H17ClFNO2S/c22-16-10-12-27-20(16)21(26)24-11-4-8-17(24)14-6-2-1-5-13(14)15-7-3-9-18(25)19(15)23/h1-3,5-7,9-10,12,17,25H,4,8,11H2/t17-/m0/s1. The van der Waals surface area contributed by atoms with Crippen molar-refractivity contribution < 1.29 is 14.3 Å². The van der Waals surface area contributed by atoms with Crippen molar-refractivity contribution >= 4 is 28.8 Å². The highest BCUT2D eigenvalue weighted by Crippen LogP contribution is 2.41. The van der Waals surface area contributed by atoms with Crippen LogP contribution in [0.2, 0.25) is 5.02 Å². The van der Waals surface area contributed by atoms with E-state index in [1.54, 1.807) is 23.6 Å². The van der Waals surface area contributed by atoms with Gasteiger partial charge in [-0.25, -0.2) is 4.39 Å². The summed E-state index contributed by atoms with van der Waals surface area (Å²) >= 11 is 7.49. The zero-order valence-electron chi connectivity index (χ0n) is 14.4. The molecule has 1 fully saturated rings. The highest BCUT2D eigenvalue weighted by atomic mass is 35.5. The molecule has 27 heavy (non-hydrogen) atoms. The third-order valence-corrected chi connectivity index (χ3v) is 6.24. The summed E-state index contributed by atoms with van der Waals surface area (Å²) in [5, 5.41) is 12.0. The number of hydrogen-bond donors (Lipinski definition) is 1. The van der Waals surface area contributed by atoms with E-state index in [0.29, 0.717) is 27.6 Å². The average Bonchev–Trinajstić information content (AvgIpc) is 3.32. The number of phenols is 1. The lowest BCUT2D eigenvalue weighted by Crippen LogP contribution is -2.30. The Kier molecular flexibility index (Phi) is 4.89. The van der Waals surface area contributed by atoms with Gasteiger partial charge in [-0.3, -0.25) is 4.79 Å². The van der Waals surface area contributed by atoms with Crippen LogP contribution in [-0.2, 0) is 0 Å². The second-order valence-electron chi connectivity index (χ2n) is 6.48. The van der Waals surface area contributed by atoms with E-state index >= 15 is 0 Å². The van der Waals surface area contributed by atoms with E-state index in [0.717, 1.165) is 18.4 Å². The van der Waals surface area contributed by atoms with E-state index in [1.807, 2.05) is 29.2 Å².